The molecule has 0 aliphatic heterocycles. The molecule has 0 aromatic rings. The van der Waals surface area contributed by atoms with Crippen LogP contribution in [0.1, 0.15) is 133 Å². The van der Waals surface area contributed by atoms with Gasteiger partial charge in [0, 0.05) is 12.3 Å². The van der Waals surface area contributed by atoms with Crippen molar-refractivity contribution in [3.05, 3.63) is 11.1 Å². The molecule has 2 fully saturated rings. The lowest BCUT2D eigenvalue weighted by molar-refractivity contribution is -0.167. The van der Waals surface area contributed by atoms with Crippen LogP contribution in [0.4, 0.5) is 0 Å². The van der Waals surface area contributed by atoms with Gasteiger partial charge in [0.2, 0.25) is 0 Å². The summed E-state index contributed by atoms with van der Waals surface area (Å²) in [6.45, 7) is 20.5. The second-order valence-electron chi connectivity index (χ2n) is 15.0. The van der Waals surface area contributed by atoms with Gasteiger partial charge in [-0.3, -0.25) is 4.79 Å². The Labute approximate surface area is 215 Å². The number of aliphatic hydroxyl groups is 1. The van der Waals surface area contributed by atoms with E-state index in [1.54, 1.807) is 12.5 Å². The summed E-state index contributed by atoms with van der Waals surface area (Å²) in [4.78, 5) is 11.8. The summed E-state index contributed by atoms with van der Waals surface area (Å²) in [5.41, 5.74) is 4.06. The number of hydrogen-bond donors (Lipinski definition) is 1. The fourth-order valence-corrected chi connectivity index (χ4v) is 10.1. The summed E-state index contributed by atoms with van der Waals surface area (Å²) >= 11 is 0. The Morgan fingerprint density at radius 3 is 2.34 bits per heavy atom. The fourth-order valence-electron chi connectivity index (χ4n) is 10.1. The minimum atomic E-state index is -0.547. The summed E-state index contributed by atoms with van der Waals surface area (Å²) in [6.07, 6.45) is 13.2. The standard InChI is InChI=1S/C32H54O3/c1-21(11-10-17-28(3,4)34)23-14-19-32(9)25-12-13-26-29(5,6)27(35-22(2)33)16-18-30(26,7)24(25)15-20-31(23,32)8/h21,23,26-27,34H,10-20H2,1-9H3. The Balaban J connectivity index is 1.59. The van der Waals surface area contributed by atoms with E-state index >= 15 is 0 Å². The Hall–Kier alpha value is -0.830. The van der Waals surface area contributed by atoms with Crippen LogP contribution in [0.15, 0.2) is 11.1 Å². The third-order valence-electron chi connectivity index (χ3n) is 12.2. The van der Waals surface area contributed by atoms with Gasteiger partial charge in [-0.25, -0.2) is 0 Å². The van der Waals surface area contributed by atoms with Crippen LogP contribution in [0, 0.1) is 39.4 Å². The first-order chi connectivity index (χ1) is 16.1. The van der Waals surface area contributed by atoms with Gasteiger partial charge in [0.05, 0.1) is 5.60 Å². The molecule has 0 aromatic heterocycles. The molecule has 4 aliphatic carbocycles. The molecule has 0 bridgehead atoms. The van der Waals surface area contributed by atoms with Crippen molar-refractivity contribution >= 4 is 5.97 Å². The number of carbonyl (C=O) groups is 1. The van der Waals surface area contributed by atoms with Crippen molar-refractivity contribution in [2.45, 2.75) is 145 Å². The third kappa shape index (κ3) is 4.34. The molecule has 0 radical (unpaired) electrons. The summed E-state index contributed by atoms with van der Waals surface area (Å²) in [5, 5.41) is 10.2. The molecule has 7 atom stereocenters. The molecule has 0 amide bonds. The Bertz CT molecular complexity index is 863. The van der Waals surface area contributed by atoms with Crippen LogP contribution in [0.3, 0.4) is 0 Å². The van der Waals surface area contributed by atoms with Crippen molar-refractivity contribution in [1.29, 1.82) is 0 Å². The van der Waals surface area contributed by atoms with Crippen LogP contribution in [0.2, 0.25) is 0 Å². The van der Waals surface area contributed by atoms with Crippen LogP contribution in [0.5, 0.6) is 0 Å². The number of fused-ring (bicyclic) bond motifs is 4. The number of hydrogen-bond acceptors (Lipinski definition) is 3. The summed E-state index contributed by atoms with van der Waals surface area (Å²) in [5.74, 6) is 1.95. The van der Waals surface area contributed by atoms with Gasteiger partial charge in [0.25, 0.3) is 0 Å². The minimum absolute atomic E-state index is 0.0199. The van der Waals surface area contributed by atoms with Crippen molar-refractivity contribution in [2.24, 2.45) is 39.4 Å². The molecular weight excluding hydrogens is 432 g/mol. The van der Waals surface area contributed by atoms with E-state index in [1.165, 1.54) is 44.9 Å². The fraction of sp³-hybridized carbons (Fsp3) is 0.906. The molecule has 4 aliphatic rings. The van der Waals surface area contributed by atoms with Crippen LogP contribution in [-0.4, -0.2) is 22.8 Å². The predicted molar refractivity (Wildman–Crippen MR) is 144 cm³/mol. The Morgan fingerprint density at radius 1 is 1.03 bits per heavy atom. The normalized spacial score (nSPS) is 41.6. The second kappa shape index (κ2) is 8.88. The first-order valence-corrected chi connectivity index (χ1v) is 14.7. The molecule has 7 unspecified atom stereocenters. The lowest BCUT2D eigenvalue weighted by atomic mass is 9.43. The molecule has 1 N–H and O–H groups in total. The van der Waals surface area contributed by atoms with E-state index in [9.17, 15) is 9.90 Å². The number of esters is 1. The highest BCUT2D eigenvalue weighted by atomic mass is 16.5. The van der Waals surface area contributed by atoms with Gasteiger partial charge >= 0.3 is 5.97 Å². The van der Waals surface area contributed by atoms with Gasteiger partial charge in [-0.2, -0.15) is 0 Å². The van der Waals surface area contributed by atoms with Crippen molar-refractivity contribution in [1.82, 2.24) is 0 Å². The topological polar surface area (TPSA) is 46.5 Å². The average molecular weight is 487 g/mol. The first-order valence-electron chi connectivity index (χ1n) is 14.7. The van der Waals surface area contributed by atoms with E-state index in [1.807, 2.05) is 19.4 Å². The number of ether oxygens (including phenoxy) is 1. The highest BCUT2D eigenvalue weighted by Gasteiger charge is 2.63. The van der Waals surface area contributed by atoms with Crippen molar-refractivity contribution in [3.8, 4) is 0 Å². The molecule has 0 spiro atoms. The Kier molecular flexibility index (Phi) is 6.91. The van der Waals surface area contributed by atoms with Crippen LogP contribution < -0.4 is 0 Å². The van der Waals surface area contributed by atoms with Gasteiger partial charge in [-0.1, -0.05) is 65.5 Å². The van der Waals surface area contributed by atoms with E-state index in [-0.39, 0.29) is 22.9 Å². The molecule has 3 heteroatoms. The van der Waals surface area contributed by atoms with E-state index < -0.39 is 5.60 Å². The van der Waals surface area contributed by atoms with Crippen LogP contribution in [0.25, 0.3) is 0 Å². The van der Waals surface area contributed by atoms with E-state index in [2.05, 4.69) is 41.5 Å². The summed E-state index contributed by atoms with van der Waals surface area (Å²) in [7, 11) is 0. The highest BCUT2D eigenvalue weighted by Crippen LogP contribution is 2.72. The molecule has 3 nitrogen and oxygen atoms in total. The second-order valence-corrected chi connectivity index (χ2v) is 15.0. The molecule has 2 saturated carbocycles. The van der Waals surface area contributed by atoms with Crippen molar-refractivity contribution in [3.63, 3.8) is 0 Å². The first kappa shape index (κ1) is 27.2. The van der Waals surface area contributed by atoms with E-state index in [0.717, 1.165) is 37.5 Å². The molecule has 0 saturated heterocycles. The quantitative estimate of drug-likeness (QED) is 0.304. The zero-order valence-electron chi connectivity index (χ0n) is 24.4. The molecule has 35 heavy (non-hydrogen) atoms. The number of carbonyl (C=O) groups excluding carboxylic acids is 1. The third-order valence-corrected chi connectivity index (χ3v) is 12.2. The summed E-state index contributed by atoms with van der Waals surface area (Å²) in [6, 6.07) is 0. The van der Waals surface area contributed by atoms with Crippen LogP contribution in [-0.2, 0) is 9.53 Å². The maximum absolute atomic E-state index is 11.8. The zero-order chi connectivity index (χ0) is 26.0. The monoisotopic (exact) mass is 486 g/mol. The number of allylic oxidation sites excluding steroid dienone is 2. The lowest BCUT2D eigenvalue weighted by Gasteiger charge is -2.62. The van der Waals surface area contributed by atoms with E-state index in [4.69, 9.17) is 4.74 Å². The summed E-state index contributed by atoms with van der Waals surface area (Å²) < 4.78 is 5.86. The molecular formula is C32H54O3. The van der Waals surface area contributed by atoms with Crippen molar-refractivity contribution < 1.29 is 14.6 Å². The Morgan fingerprint density at radius 2 is 1.71 bits per heavy atom. The van der Waals surface area contributed by atoms with Gasteiger partial charge < -0.3 is 9.84 Å². The molecule has 200 valence electrons. The highest BCUT2D eigenvalue weighted by molar-refractivity contribution is 5.66. The smallest absolute Gasteiger partial charge is 0.302 e. The maximum atomic E-state index is 11.8. The average Bonchev–Trinajstić information content (AvgIpc) is 3.00. The van der Waals surface area contributed by atoms with E-state index in [0.29, 0.717) is 16.7 Å². The van der Waals surface area contributed by atoms with Gasteiger partial charge in [-0.05, 0) is 106 Å². The van der Waals surface area contributed by atoms with Crippen LogP contribution >= 0.6 is 0 Å². The van der Waals surface area contributed by atoms with Gasteiger partial charge in [0.15, 0.2) is 0 Å². The SMILES string of the molecule is CC(=O)OC1CCC2(C)C3=C(CCC2C1(C)C)C1(C)CCC(C(C)CCCC(C)(C)O)C1(C)CC3. The largest absolute Gasteiger partial charge is 0.462 e. The predicted octanol–water partition coefficient (Wildman–Crippen LogP) is 8.24. The zero-order valence-corrected chi connectivity index (χ0v) is 24.4. The molecule has 0 aromatic carbocycles. The van der Waals surface area contributed by atoms with Crippen molar-refractivity contribution in [2.75, 3.05) is 0 Å². The maximum Gasteiger partial charge on any atom is 0.302 e. The minimum Gasteiger partial charge on any atom is -0.462 e. The van der Waals surface area contributed by atoms with Gasteiger partial charge in [0.1, 0.15) is 6.10 Å². The molecule has 4 rings (SSSR count). The molecule has 0 heterocycles. The van der Waals surface area contributed by atoms with Gasteiger partial charge in [-0.15, -0.1) is 0 Å². The lowest BCUT2D eigenvalue weighted by Crippen LogP contribution is -2.55. The number of rotatable bonds is 6.